The van der Waals surface area contributed by atoms with Crippen molar-refractivity contribution in [2.75, 3.05) is 52.9 Å². The summed E-state index contributed by atoms with van der Waals surface area (Å²) >= 11 is 5.96. The largest absolute Gasteiger partial charge is 0.493 e. The first-order chi connectivity index (χ1) is 17.1. The van der Waals surface area contributed by atoms with E-state index in [9.17, 15) is 22.0 Å². The van der Waals surface area contributed by atoms with Crippen LogP contribution in [0, 0.1) is 17.0 Å². The highest BCUT2D eigenvalue weighted by Crippen LogP contribution is 2.38. The van der Waals surface area contributed by atoms with E-state index in [0.29, 0.717) is 36.7 Å². The van der Waals surface area contributed by atoms with E-state index in [1.54, 1.807) is 29.2 Å². The van der Waals surface area contributed by atoms with Crippen LogP contribution in [-0.2, 0) is 14.8 Å². The zero-order valence-electron chi connectivity index (χ0n) is 20.1. The van der Waals surface area contributed by atoms with Crippen molar-refractivity contribution in [3.8, 4) is 5.75 Å². The van der Waals surface area contributed by atoms with E-state index in [-0.39, 0.29) is 32.0 Å². The van der Waals surface area contributed by atoms with E-state index in [1.807, 2.05) is 7.05 Å². The average molecular weight is 542 g/mol. The summed E-state index contributed by atoms with van der Waals surface area (Å²) in [6, 6.07) is 9.73. The Morgan fingerprint density at radius 1 is 1.03 bits per heavy atom. The van der Waals surface area contributed by atoms with Crippen LogP contribution in [-0.4, -0.2) is 81.4 Å². The number of piperazine rings is 1. The highest BCUT2D eigenvalue weighted by atomic mass is 35.5. The molecule has 2 aliphatic rings. The lowest BCUT2D eigenvalue weighted by molar-refractivity contribution is -0.136. The Labute approximate surface area is 215 Å². The molecule has 2 saturated heterocycles. The van der Waals surface area contributed by atoms with Crippen LogP contribution in [0.2, 0.25) is 5.02 Å². The average Bonchev–Trinajstić information content (AvgIpc) is 2.84. The molecule has 36 heavy (non-hydrogen) atoms. The Hall–Kier alpha value is -2.27. The highest BCUT2D eigenvalue weighted by Gasteiger charge is 2.44. The standard InChI is InChI=1S/C25H30ClF2N3O4S/c1-29-12-14-30(15-13-29)23(32)16-25(18-35-20-8-6-19(26)7-9-20)10-3-11-31(17-25)36(33,34)24-21(27)4-2-5-22(24)28/h2,4-9H,3,10-18H2,1H3/t25-/m0/s1. The van der Waals surface area contributed by atoms with Crippen molar-refractivity contribution in [1.29, 1.82) is 0 Å². The third-order valence-corrected chi connectivity index (χ3v) is 9.03. The Morgan fingerprint density at radius 2 is 1.67 bits per heavy atom. The minimum atomic E-state index is -4.47. The lowest BCUT2D eigenvalue weighted by Gasteiger charge is -2.43. The Bertz CT molecular complexity index is 1170. The van der Waals surface area contributed by atoms with Crippen LogP contribution in [0.4, 0.5) is 8.78 Å². The summed E-state index contributed by atoms with van der Waals surface area (Å²) in [7, 11) is -2.48. The molecule has 2 aromatic carbocycles. The van der Waals surface area contributed by atoms with Crippen molar-refractivity contribution >= 4 is 27.5 Å². The first-order valence-corrected chi connectivity index (χ1v) is 13.7. The summed E-state index contributed by atoms with van der Waals surface area (Å²) in [6.07, 6.45) is 1.03. The molecular formula is C25H30ClF2N3O4S. The van der Waals surface area contributed by atoms with Gasteiger partial charge in [0.15, 0.2) is 4.90 Å². The summed E-state index contributed by atoms with van der Waals surface area (Å²) in [4.78, 5) is 16.3. The zero-order valence-corrected chi connectivity index (χ0v) is 21.7. The maximum atomic E-state index is 14.4. The van der Waals surface area contributed by atoms with E-state index in [2.05, 4.69) is 4.90 Å². The molecule has 0 bridgehead atoms. The quantitative estimate of drug-likeness (QED) is 0.535. The fourth-order valence-corrected chi connectivity index (χ4v) is 6.62. The number of halogens is 3. The predicted molar refractivity (Wildman–Crippen MR) is 132 cm³/mol. The van der Waals surface area contributed by atoms with Crippen LogP contribution in [0.5, 0.6) is 5.75 Å². The van der Waals surface area contributed by atoms with Crippen LogP contribution in [0.15, 0.2) is 47.4 Å². The normalized spacial score (nSPS) is 21.9. The van der Waals surface area contributed by atoms with Gasteiger partial charge in [0, 0.05) is 56.1 Å². The molecule has 2 heterocycles. The van der Waals surface area contributed by atoms with Gasteiger partial charge in [-0.1, -0.05) is 17.7 Å². The summed E-state index contributed by atoms with van der Waals surface area (Å²) in [5, 5.41) is 0.546. The van der Waals surface area contributed by atoms with Crippen LogP contribution >= 0.6 is 11.6 Å². The molecule has 1 atom stereocenters. The van der Waals surface area contributed by atoms with Gasteiger partial charge >= 0.3 is 0 Å². The van der Waals surface area contributed by atoms with Crippen molar-refractivity contribution in [1.82, 2.24) is 14.1 Å². The number of nitrogens with zero attached hydrogens (tertiary/aromatic N) is 3. The molecule has 0 aliphatic carbocycles. The number of sulfonamides is 1. The number of piperidine rings is 1. The first kappa shape index (κ1) is 26.8. The van der Waals surface area contributed by atoms with Crippen molar-refractivity contribution in [2.24, 2.45) is 5.41 Å². The molecule has 0 N–H and O–H groups in total. The maximum Gasteiger partial charge on any atom is 0.248 e. The van der Waals surface area contributed by atoms with Crippen LogP contribution in [0.3, 0.4) is 0 Å². The maximum absolute atomic E-state index is 14.4. The van der Waals surface area contributed by atoms with Crippen molar-refractivity contribution in [3.63, 3.8) is 0 Å². The Balaban J connectivity index is 1.60. The molecule has 196 valence electrons. The first-order valence-electron chi connectivity index (χ1n) is 11.9. The lowest BCUT2D eigenvalue weighted by Crippen LogP contribution is -2.53. The Morgan fingerprint density at radius 3 is 2.31 bits per heavy atom. The highest BCUT2D eigenvalue weighted by molar-refractivity contribution is 7.89. The fourth-order valence-electron chi connectivity index (χ4n) is 4.79. The molecule has 0 saturated carbocycles. The van der Waals surface area contributed by atoms with Gasteiger partial charge in [0.05, 0.1) is 6.61 Å². The van der Waals surface area contributed by atoms with Gasteiger partial charge in [-0.15, -0.1) is 0 Å². The molecule has 7 nitrogen and oxygen atoms in total. The number of hydrogen-bond acceptors (Lipinski definition) is 5. The number of rotatable bonds is 7. The molecule has 1 amide bonds. The topological polar surface area (TPSA) is 70.2 Å². The van der Waals surface area contributed by atoms with Crippen molar-refractivity contribution in [3.05, 3.63) is 59.1 Å². The fraction of sp³-hybridized carbons (Fsp3) is 0.480. The van der Waals surface area contributed by atoms with E-state index < -0.39 is 32.0 Å². The minimum Gasteiger partial charge on any atom is -0.493 e. The molecule has 0 aromatic heterocycles. The van der Waals surface area contributed by atoms with E-state index >= 15 is 0 Å². The third kappa shape index (κ3) is 5.99. The number of benzene rings is 2. The summed E-state index contributed by atoms with van der Waals surface area (Å²) in [5.41, 5.74) is -0.868. The van der Waals surface area contributed by atoms with Gasteiger partial charge in [-0.05, 0) is 56.3 Å². The Kier molecular flexibility index (Phi) is 8.18. The second kappa shape index (κ2) is 11.0. The summed E-state index contributed by atoms with van der Waals surface area (Å²) < 4.78 is 62.7. The van der Waals surface area contributed by atoms with Gasteiger partial charge in [0.25, 0.3) is 0 Å². The monoisotopic (exact) mass is 541 g/mol. The minimum absolute atomic E-state index is 0.0656. The molecule has 11 heteroatoms. The van der Waals surface area contributed by atoms with E-state index in [1.165, 1.54) is 0 Å². The summed E-state index contributed by atoms with van der Waals surface area (Å²) in [5.74, 6) is -1.83. The SMILES string of the molecule is CN1CCN(C(=O)C[C@@]2(COc3ccc(Cl)cc3)CCCN(S(=O)(=O)c3c(F)cccc3F)C2)CC1. The van der Waals surface area contributed by atoms with E-state index in [4.69, 9.17) is 16.3 Å². The van der Waals surface area contributed by atoms with Crippen LogP contribution in [0.25, 0.3) is 0 Å². The van der Waals surface area contributed by atoms with Gasteiger partial charge < -0.3 is 14.5 Å². The second-order valence-corrected chi connectivity index (χ2v) is 11.9. The van der Waals surface area contributed by atoms with Crippen molar-refractivity contribution < 1.29 is 26.7 Å². The van der Waals surface area contributed by atoms with Crippen molar-refractivity contribution in [2.45, 2.75) is 24.2 Å². The predicted octanol–water partition coefficient (Wildman–Crippen LogP) is 3.63. The number of amides is 1. The number of likely N-dealkylation sites (N-methyl/N-ethyl adjacent to an activating group) is 1. The molecule has 2 aromatic rings. The molecule has 0 spiro atoms. The molecule has 2 aliphatic heterocycles. The number of hydrogen-bond donors (Lipinski definition) is 0. The second-order valence-electron chi connectivity index (χ2n) is 9.60. The van der Waals surface area contributed by atoms with Crippen LogP contribution < -0.4 is 4.74 Å². The lowest BCUT2D eigenvalue weighted by atomic mass is 9.78. The number of ether oxygens (including phenoxy) is 1. The number of carbonyl (C=O) groups is 1. The molecule has 4 rings (SSSR count). The van der Waals surface area contributed by atoms with Gasteiger partial charge in [-0.3, -0.25) is 4.79 Å². The van der Waals surface area contributed by atoms with Crippen LogP contribution in [0.1, 0.15) is 19.3 Å². The van der Waals surface area contributed by atoms with Gasteiger partial charge in [-0.25, -0.2) is 17.2 Å². The molecule has 0 radical (unpaired) electrons. The van der Waals surface area contributed by atoms with Gasteiger partial charge in [0.1, 0.15) is 17.4 Å². The smallest absolute Gasteiger partial charge is 0.248 e. The zero-order chi connectivity index (χ0) is 25.9. The molecule has 0 unspecified atom stereocenters. The molecular weight excluding hydrogens is 512 g/mol. The van der Waals surface area contributed by atoms with Gasteiger partial charge in [-0.2, -0.15) is 4.31 Å². The van der Waals surface area contributed by atoms with Gasteiger partial charge in [0.2, 0.25) is 15.9 Å². The summed E-state index contributed by atoms with van der Waals surface area (Å²) in [6.45, 7) is 2.77. The van der Waals surface area contributed by atoms with E-state index in [0.717, 1.165) is 35.6 Å². The number of carbonyl (C=O) groups excluding carboxylic acids is 1. The third-order valence-electron chi connectivity index (χ3n) is 6.88. The molecule has 2 fully saturated rings.